The Labute approximate surface area is 165 Å². The molecule has 1 aromatic rings. The topological polar surface area (TPSA) is 85.3 Å². The molecule has 154 valence electrons. The van der Waals surface area contributed by atoms with Crippen LogP contribution in [-0.4, -0.2) is 67.5 Å². The van der Waals surface area contributed by atoms with Gasteiger partial charge in [-0.3, -0.25) is 9.59 Å². The van der Waals surface area contributed by atoms with Crippen molar-refractivity contribution in [2.75, 3.05) is 40.0 Å². The van der Waals surface area contributed by atoms with E-state index in [1.807, 2.05) is 30.3 Å². The highest BCUT2D eigenvalue weighted by Gasteiger charge is 2.49. The first-order chi connectivity index (χ1) is 13.5. The summed E-state index contributed by atoms with van der Waals surface area (Å²) in [6, 6.07) is 9.74. The predicted molar refractivity (Wildman–Crippen MR) is 102 cm³/mol. The second-order valence-electron chi connectivity index (χ2n) is 7.73. The normalized spacial score (nSPS) is 24.7. The molecular weight excluding hydrogens is 362 g/mol. The van der Waals surface area contributed by atoms with Crippen molar-refractivity contribution in [2.24, 2.45) is 5.41 Å². The number of methoxy groups -OCH3 is 1. The van der Waals surface area contributed by atoms with Gasteiger partial charge in [-0.1, -0.05) is 30.3 Å². The third-order valence-corrected chi connectivity index (χ3v) is 5.79. The van der Waals surface area contributed by atoms with Crippen LogP contribution >= 0.6 is 0 Å². The maximum absolute atomic E-state index is 13.5. The van der Waals surface area contributed by atoms with E-state index in [-0.39, 0.29) is 19.1 Å². The zero-order valence-electron chi connectivity index (χ0n) is 16.4. The van der Waals surface area contributed by atoms with E-state index in [1.54, 1.807) is 4.90 Å². The van der Waals surface area contributed by atoms with Gasteiger partial charge >= 0.3 is 5.97 Å². The molecular formula is C21H29NO6. The summed E-state index contributed by atoms with van der Waals surface area (Å²) in [7, 11) is 1.49. The lowest BCUT2D eigenvalue weighted by molar-refractivity contribution is -0.180. The van der Waals surface area contributed by atoms with Crippen molar-refractivity contribution in [1.82, 2.24) is 4.90 Å². The quantitative estimate of drug-likeness (QED) is 0.766. The van der Waals surface area contributed by atoms with Crippen molar-refractivity contribution in [3.63, 3.8) is 0 Å². The molecule has 7 nitrogen and oxygen atoms in total. The number of likely N-dealkylation sites (tertiary alicyclic amines) is 1. The lowest BCUT2D eigenvalue weighted by atomic mass is 9.79. The van der Waals surface area contributed by atoms with Gasteiger partial charge in [0.1, 0.15) is 5.41 Å². The lowest BCUT2D eigenvalue weighted by Gasteiger charge is -2.44. The molecule has 3 rings (SSSR count). The molecule has 2 heterocycles. The SMILES string of the molecule is COCC1(C(=O)O)CCCN(C(=O)C2(OCc3ccccc3)CCOCC2)C1. The summed E-state index contributed by atoms with van der Waals surface area (Å²) < 4.78 is 16.9. The predicted octanol–water partition coefficient (Wildman–Crippen LogP) is 2.09. The third kappa shape index (κ3) is 4.37. The van der Waals surface area contributed by atoms with Gasteiger partial charge in [-0.25, -0.2) is 0 Å². The minimum absolute atomic E-state index is 0.0904. The summed E-state index contributed by atoms with van der Waals surface area (Å²) >= 11 is 0. The van der Waals surface area contributed by atoms with Gasteiger partial charge < -0.3 is 24.2 Å². The number of carboxylic acid groups (broad SMARTS) is 1. The molecule has 2 saturated heterocycles. The van der Waals surface area contributed by atoms with Crippen molar-refractivity contribution >= 4 is 11.9 Å². The van der Waals surface area contributed by atoms with E-state index in [9.17, 15) is 14.7 Å². The van der Waals surface area contributed by atoms with Crippen molar-refractivity contribution in [2.45, 2.75) is 37.9 Å². The van der Waals surface area contributed by atoms with Crippen LogP contribution < -0.4 is 0 Å². The Hall–Kier alpha value is -1.96. The van der Waals surface area contributed by atoms with Crippen LogP contribution in [0.25, 0.3) is 0 Å². The standard InChI is InChI=1S/C21H29NO6/c1-26-16-20(19(24)25)8-5-11-22(15-20)18(23)21(9-12-27-13-10-21)28-14-17-6-3-2-4-7-17/h2-4,6-7H,5,8-16H2,1H3,(H,24,25). The minimum atomic E-state index is -1.06. The van der Waals surface area contributed by atoms with Crippen LogP contribution in [0.4, 0.5) is 0 Å². The summed E-state index contributed by atoms with van der Waals surface area (Å²) in [5, 5.41) is 9.78. The maximum Gasteiger partial charge on any atom is 0.313 e. The number of piperidine rings is 1. The summed E-state index contributed by atoms with van der Waals surface area (Å²) in [5.74, 6) is -1.05. The van der Waals surface area contributed by atoms with Crippen LogP contribution in [0, 0.1) is 5.41 Å². The lowest BCUT2D eigenvalue weighted by Crippen LogP contribution is -2.59. The van der Waals surface area contributed by atoms with E-state index < -0.39 is 17.0 Å². The smallest absolute Gasteiger partial charge is 0.313 e. The second kappa shape index (κ2) is 9.03. The monoisotopic (exact) mass is 391 g/mol. The van der Waals surface area contributed by atoms with Crippen LogP contribution in [-0.2, 0) is 30.4 Å². The number of amides is 1. The van der Waals surface area contributed by atoms with Gasteiger partial charge in [0.2, 0.25) is 0 Å². The number of benzene rings is 1. The fourth-order valence-electron chi connectivity index (χ4n) is 4.14. The third-order valence-electron chi connectivity index (χ3n) is 5.79. The summed E-state index contributed by atoms with van der Waals surface area (Å²) in [6.45, 7) is 2.02. The number of nitrogens with zero attached hydrogens (tertiary/aromatic N) is 1. The van der Waals surface area contributed by atoms with Gasteiger partial charge in [0.25, 0.3) is 5.91 Å². The number of aliphatic carboxylic acids is 1. The van der Waals surface area contributed by atoms with Crippen LogP contribution in [0.15, 0.2) is 30.3 Å². The van der Waals surface area contributed by atoms with Crippen molar-refractivity contribution in [3.05, 3.63) is 35.9 Å². The zero-order valence-corrected chi connectivity index (χ0v) is 16.4. The molecule has 2 fully saturated rings. The number of ether oxygens (including phenoxy) is 3. The first-order valence-electron chi connectivity index (χ1n) is 9.79. The van der Waals surface area contributed by atoms with Crippen LogP contribution in [0.5, 0.6) is 0 Å². The van der Waals surface area contributed by atoms with E-state index >= 15 is 0 Å². The molecule has 1 aromatic carbocycles. The highest BCUT2D eigenvalue weighted by molar-refractivity contribution is 5.86. The summed E-state index contributed by atoms with van der Waals surface area (Å²) in [6.07, 6.45) is 2.08. The Morgan fingerprint density at radius 3 is 2.54 bits per heavy atom. The van der Waals surface area contributed by atoms with Crippen molar-refractivity contribution in [1.29, 1.82) is 0 Å². The van der Waals surface area contributed by atoms with E-state index in [4.69, 9.17) is 14.2 Å². The van der Waals surface area contributed by atoms with E-state index in [0.29, 0.717) is 52.0 Å². The molecule has 0 radical (unpaired) electrons. The van der Waals surface area contributed by atoms with Gasteiger partial charge in [-0.05, 0) is 18.4 Å². The molecule has 7 heteroatoms. The van der Waals surface area contributed by atoms with Gasteiger partial charge in [-0.2, -0.15) is 0 Å². The van der Waals surface area contributed by atoms with E-state index in [0.717, 1.165) is 5.56 Å². The fourth-order valence-corrected chi connectivity index (χ4v) is 4.14. The number of hydrogen-bond acceptors (Lipinski definition) is 5. The Morgan fingerprint density at radius 1 is 1.18 bits per heavy atom. The molecule has 0 aromatic heterocycles. The number of hydrogen-bond donors (Lipinski definition) is 1. The molecule has 1 unspecified atom stereocenters. The molecule has 2 aliphatic heterocycles. The fraction of sp³-hybridized carbons (Fsp3) is 0.619. The van der Waals surface area contributed by atoms with Gasteiger partial charge in [0.05, 0.1) is 13.2 Å². The average Bonchev–Trinajstić information content (AvgIpc) is 2.73. The first-order valence-corrected chi connectivity index (χ1v) is 9.79. The molecule has 1 atom stereocenters. The van der Waals surface area contributed by atoms with Crippen molar-refractivity contribution in [3.8, 4) is 0 Å². The number of carboxylic acids is 1. The first kappa shape index (κ1) is 20.8. The summed E-state index contributed by atoms with van der Waals surface area (Å²) in [5.41, 5.74) is -1.03. The molecule has 1 amide bonds. The van der Waals surface area contributed by atoms with Crippen LogP contribution in [0.1, 0.15) is 31.2 Å². The van der Waals surface area contributed by atoms with Gasteiger partial charge in [0, 0.05) is 46.3 Å². The van der Waals surface area contributed by atoms with Crippen molar-refractivity contribution < 1.29 is 28.9 Å². The molecule has 28 heavy (non-hydrogen) atoms. The highest BCUT2D eigenvalue weighted by Crippen LogP contribution is 2.35. The Morgan fingerprint density at radius 2 is 1.89 bits per heavy atom. The van der Waals surface area contributed by atoms with Gasteiger partial charge in [-0.15, -0.1) is 0 Å². The molecule has 0 aliphatic carbocycles. The summed E-state index contributed by atoms with van der Waals surface area (Å²) in [4.78, 5) is 27.1. The molecule has 0 bridgehead atoms. The Kier molecular flexibility index (Phi) is 6.69. The maximum atomic E-state index is 13.5. The molecule has 2 aliphatic rings. The zero-order chi connectivity index (χ0) is 20.0. The van der Waals surface area contributed by atoms with Crippen LogP contribution in [0.3, 0.4) is 0 Å². The minimum Gasteiger partial charge on any atom is -0.481 e. The number of carbonyl (C=O) groups excluding carboxylic acids is 1. The average molecular weight is 391 g/mol. The Balaban J connectivity index is 1.77. The molecule has 0 saturated carbocycles. The highest BCUT2D eigenvalue weighted by atomic mass is 16.5. The van der Waals surface area contributed by atoms with Crippen LogP contribution in [0.2, 0.25) is 0 Å². The Bertz CT molecular complexity index is 669. The largest absolute Gasteiger partial charge is 0.481 e. The van der Waals surface area contributed by atoms with E-state index in [2.05, 4.69) is 0 Å². The second-order valence-corrected chi connectivity index (χ2v) is 7.73. The number of rotatable bonds is 7. The number of carbonyl (C=O) groups is 2. The van der Waals surface area contributed by atoms with Gasteiger partial charge in [0.15, 0.2) is 5.60 Å². The molecule has 0 spiro atoms. The molecule has 1 N–H and O–H groups in total. The van der Waals surface area contributed by atoms with E-state index in [1.165, 1.54) is 7.11 Å².